The second kappa shape index (κ2) is 6.78. The van der Waals surface area contributed by atoms with Crippen molar-refractivity contribution in [2.24, 2.45) is 5.92 Å². The fourth-order valence-corrected chi connectivity index (χ4v) is 3.45. The average molecular weight is 359 g/mol. The zero-order chi connectivity index (χ0) is 18.9. The van der Waals surface area contributed by atoms with E-state index < -0.39 is 23.4 Å². The number of amides is 4. The van der Waals surface area contributed by atoms with Gasteiger partial charge in [0.05, 0.1) is 5.92 Å². The Balaban J connectivity index is 1.62. The van der Waals surface area contributed by atoms with E-state index in [1.54, 1.807) is 31.2 Å². The fraction of sp³-hybridized carbons (Fsp3) is 0.444. The molecule has 8 heteroatoms. The molecule has 1 aliphatic carbocycles. The van der Waals surface area contributed by atoms with Gasteiger partial charge in [0, 0.05) is 11.6 Å². The number of nitrogens with one attached hydrogen (secondary N) is 3. The summed E-state index contributed by atoms with van der Waals surface area (Å²) in [6.07, 6.45) is 2.41. The number of urea groups is 1. The summed E-state index contributed by atoms with van der Waals surface area (Å²) in [6.45, 7) is 1.60. The van der Waals surface area contributed by atoms with E-state index in [2.05, 4.69) is 16.0 Å². The summed E-state index contributed by atoms with van der Waals surface area (Å²) < 4.78 is 0. The van der Waals surface area contributed by atoms with Gasteiger partial charge in [0.2, 0.25) is 0 Å². The summed E-state index contributed by atoms with van der Waals surface area (Å²) in [5, 5.41) is 16.7. The largest absolute Gasteiger partial charge is 0.481 e. The predicted molar refractivity (Wildman–Crippen MR) is 91.3 cm³/mol. The molecule has 1 atom stereocenters. The Hall–Kier alpha value is -2.90. The maximum atomic E-state index is 12.4. The molecular weight excluding hydrogens is 338 g/mol. The van der Waals surface area contributed by atoms with Crippen molar-refractivity contribution < 1.29 is 24.3 Å². The summed E-state index contributed by atoms with van der Waals surface area (Å²) >= 11 is 0. The van der Waals surface area contributed by atoms with E-state index in [0.29, 0.717) is 36.8 Å². The molecule has 1 aromatic carbocycles. The lowest BCUT2D eigenvalue weighted by Crippen LogP contribution is -2.40. The molecule has 4 amide bonds. The maximum absolute atomic E-state index is 12.4. The van der Waals surface area contributed by atoms with Crippen molar-refractivity contribution in [1.82, 2.24) is 16.0 Å². The maximum Gasteiger partial charge on any atom is 0.322 e. The number of benzene rings is 1. The van der Waals surface area contributed by atoms with Crippen molar-refractivity contribution in [3.05, 3.63) is 35.4 Å². The minimum Gasteiger partial charge on any atom is -0.481 e. The minimum absolute atomic E-state index is 0.0322. The average Bonchev–Trinajstić information content (AvgIpc) is 2.88. The Morgan fingerprint density at radius 1 is 1.12 bits per heavy atom. The van der Waals surface area contributed by atoms with Crippen LogP contribution in [0.2, 0.25) is 0 Å². The van der Waals surface area contributed by atoms with Crippen LogP contribution in [0.1, 0.15) is 48.5 Å². The third-order valence-electron chi connectivity index (χ3n) is 5.18. The fourth-order valence-electron chi connectivity index (χ4n) is 3.45. The van der Waals surface area contributed by atoms with Crippen molar-refractivity contribution in [3.8, 4) is 0 Å². The standard InChI is InChI=1S/C18H21N3O5/c1-18(16(25)20-17(26)21-18)12-6-2-10(3-7-12)14(22)19-13-8-4-11(5-9-13)15(23)24/h2-3,6-7,11,13H,4-5,8-9H2,1H3,(H,19,22)(H,23,24)(H2,20,21,25,26)/t11?,13?,18-/m0/s1. The van der Waals surface area contributed by atoms with Crippen molar-refractivity contribution in [1.29, 1.82) is 0 Å². The molecule has 2 fully saturated rings. The van der Waals surface area contributed by atoms with Crippen LogP contribution in [-0.4, -0.2) is 35.0 Å². The molecule has 2 aliphatic rings. The lowest BCUT2D eigenvalue weighted by atomic mass is 9.86. The Labute approximate surface area is 150 Å². The van der Waals surface area contributed by atoms with E-state index in [0.717, 1.165) is 0 Å². The predicted octanol–water partition coefficient (Wildman–Crippen LogP) is 1.11. The Kier molecular flexibility index (Phi) is 4.67. The zero-order valence-corrected chi connectivity index (χ0v) is 14.4. The number of carbonyl (C=O) groups is 4. The van der Waals surface area contributed by atoms with Gasteiger partial charge in [-0.1, -0.05) is 12.1 Å². The van der Waals surface area contributed by atoms with Crippen LogP contribution < -0.4 is 16.0 Å². The van der Waals surface area contributed by atoms with Crippen LogP contribution in [0, 0.1) is 5.92 Å². The molecule has 0 aromatic heterocycles. The first-order valence-electron chi connectivity index (χ1n) is 8.57. The molecule has 1 aliphatic heterocycles. The minimum atomic E-state index is -1.15. The third kappa shape index (κ3) is 3.40. The number of carboxylic acid groups (broad SMARTS) is 1. The molecule has 0 bridgehead atoms. The van der Waals surface area contributed by atoms with Gasteiger partial charge < -0.3 is 15.7 Å². The van der Waals surface area contributed by atoms with Gasteiger partial charge in [-0.15, -0.1) is 0 Å². The van der Waals surface area contributed by atoms with Crippen LogP contribution >= 0.6 is 0 Å². The molecule has 4 N–H and O–H groups in total. The first kappa shape index (κ1) is 17.9. The SMILES string of the molecule is C[C@@]1(c2ccc(C(=O)NC3CCC(C(=O)O)CC3)cc2)NC(=O)NC1=O. The van der Waals surface area contributed by atoms with Gasteiger partial charge in [-0.2, -0.15) is 0 Å². The molecule has 138 valence electrons. The number of carboxylic acids is 1. The monoisotopic (exact) mass is 359 g/mol. The van der Waals surface area contributed by atoms with Gasteiger partial charge in [0.25, 0.3) is 11.8 Å². The van der Waals surface area contributed by atoms with Crippen LogP contribution in [0.25, 0.3) is 0 Å². The number of imide groups is 1. The zero-order valence-electron chi connectivity index (χ0n) is 14.4. The van der Waals surface area contributed by atoms with Gasteiger partial charge in [0.1, 0.15) is 5.54 Å². The highest BCUT2D eigenvalue weighted by atomic mass is 16.4. The third-order valence-corrected chi connectivity index (χ3v) is 5.18. The van der Waals surface area contributed by atoms with Gasteiger partial charge >= 0.3 is 12.0 Å². The molecule has 1 heterocycles. The number of carbonyl (C=O) groups excluding carboxylic acids is 3. The Bertz CT molecular complexity index is 753. The molecule has 3 rings (SSSR count). The molecule has 1 saturated heterocycles. The Morgan fingerprint density at radius 2 is 1.73 bits per heavy atom. The lowest BCUT2D eigenvalue weighted by Gasteiger charge is -2.27. The quantitative estimate of drug-likeness (QED) is 0.600. The van der Waals surface area contributed by atoms with Crippen molar-refractivity contribution >= 4 is 23.8 Å². The second-order valence-corrected chi connectivity index (χ2v) is 6.97. The molecule has 0 spiro atoms. The highest BCUT2D eigenvalue weighted by Gasteiger charge is 2.43. The smallest absolute Gasteiger partial charge is 0.322 e. The van der Waals surface area contributed by atoms with E-state index in [1.165, 1.54) is 0 Å². The van der Waals surface area contributed by atoms with Crippen LogP contribution in [0.4, 0.5) is 4.79 Å². The Morgan fingerprint density at radius 3 is 2.23 bits per heavy atom. The topological polar surface area (TPSA) is 125 Å². The van der Waals surface area contributed by atoms with Gasteiger partial charge in [0.15, 0.2) is 0 Å². The molecule has 26 heavy (non-hydrogen) atoms. The van der Waals surface area contributed by atoms with E-state index in [4.69, 9.17) is 5.11 Å². The van der Waals surface area contributed by atoms with E-state index >= 15 is 0 Å². The molecule has 0 radical (unpaired) electrons. The first-order chi connectivity index (χ1) is 12.3. The van der Waals surface area contributed by atoms with Crippen LogP contribution in [-0.2, 0) is 15.1 Å². The molecule has 0 unspecified atom stereocenters. The van der Waals surface area contributed by atoms with Gasteiger partial charge in [-0.3, -0.25) is 19.7 Å². The first-order valence-corrected chi connectivity index (χ1v) is 8.57. The van der Waals surface area contributed by atoms with Crippen molar-refractivity contribution in [3.63, 3.8) is 0 Å². The lowest BCUT2D eigenvalue weighted by molar-refractivity contribution is -0.142. The second-order valence-electron chi connectivity index (χ2n) is 6.97. The number of rotatable bonds is 4. The summed E-state index contributed by atoms with van der Waals surface area (Å²) in [5.41, 5.74) is -0.122. The van der Waals surface area contributed by atoms with E-state index in [-0.39, 0.29) is 17.9 Å². The van der Waals surface area contributed by atoms with Crippen molar-refractivity contribution in [2.45, 2.75) is 44.2 Å². The number of aliphatic carboxylic acids is 1. The number of hydrogen-bond donors (Lipinski definition) is 4. The highest BCUT2D eigenvalue weighted by Crippen LogP contribution is 2.26. The summed E-state index contributed by atoms with van der Waals surface area (Å²) in [4.78, 5) is 46.7. The van der Waals surface area contributed by atoms with Gasteiger partial charge in [-0.05, 0) is 50.3 Å². The summed E-state index contributed by atoms with van der Waals surface area (Å²) in [5.74, 6) is -1.77. The van der Waals surface area contributed by atoms with Crippen LogP contribution in [0.3, 0.4) is 0 Å². The normalized spacial score (nSPS) is 28.2. The molecule has 8 nitrogen and oxygen atoms in total. The molecule has 1 saturated carbocycles. The summed E-state index contributed by atoms with van der Waals surface area (Å²) in [6, 6.07) is 5.92. The molecular formula is C18H21N3O5. The van der Waals surface area contributed by atoms with E-state index in [1.807, 2.05) is 0 Å². The van der Waals surface area contributed by atoms with Crippen LogP contribution in [0.15, 0.2) is 24.3 Å². The number of hydrogen-bond acceptors (Lipinski definition) is 4. The molecule has 1 aromatic rings. The van der Waals surface area contributed by atoms with Crippen molar-refractivity contribution in [2.75, 3.05) is 0 Å². The van der Waals surface area contributed by atoms with Gasteiger partial charge in [-0.25, -0.2) is 4.79 Å². The van der Waals surface area contributed by atoms with Crippen LogP contribution in [0.5, 0.6) is 0 Å². The summed E-state index contributed by atoms with van der Waals surface area (Å²) in [7, 11) is 0. The van der Waals surface area contributed by atoms with E-state index in [9.17, 15) is 19.2 Å². The highest BCUT2D eigenvalue weighted by molar-refractivity contribution is 6.07.